The maximum atomic E-state index is 13.6. The van der Waals surface area contributed by atoms with Crippen molar-refractivity contribution in [3.63, 3.8) is 0 Å². The summed E-state index contributed by atoms with van der Waals surface area (Å²) in [5.41, 5.74) is 1.51. The van der Waals surface area contributed by atoms with Gasteiger partial charge in [0, 0.05) is 9.35 Å². The van der Waals surface area contributed by atoms with Crippen molar-refractivity contribution in [2.24, 2.45) is 0 Å². The Bertz CT molecular complexity index is 519. The van der Waals surface area contributed by atoms with Crippen LogP contribution in [-0.4, -0.2) is 4.98 Å². The molecule has 5 heteroatoms. The van der Waals surface area contributed by atoms with E-state index in [-0.39, 0.29) is 5.82 Å². The summed E-state index contributed by atoms with van der Waals surface area (Å²) in [6.45, 7) is 4.54. The van der Waals surface area contributed by atoms with Crippen molar-refractivity contribution in [3.8, 4) is 0 Å². The van der Waals surface area contributed by atoms with E-state index in [1.54, 1.807) is 17.4 Å². The Labute approximate surface area is 112 Å². The van der Waals surface area contributed by atoms with E-state index in [0.29, 0.717) is 12.2 Å². The maximum Gasteiger partial charge on any atom is 0.147 e. The van der Waals surface area contributed by atoms with Gasteiger partial charge in [0.25, 0.3) is 0 Å². The Kier molecular flexibility index (Phi) is 3.79. The fourth-order valence-corrected chi connectivity index (χ4v) is 2.93. The second-order valence-corrected chi connectivity index (χ2v) is 5.83. The van der Waals surface area contributed by atoms with Crippen LogP contribution in [0.2, 0.25) is 0 Å². The molecule has 90 valence electrons. The monoisotopic (exact) mass is 314 g/mol. The standard InChI is InChI=1S/C12H12BrFN2S/c1-7-11(17-8(2)16-7)6-15-12-9(13)4-3-5-10(12)14/h3-5,15H,6H2,1-2H3. The zero-order valence-corrected chi connectivity index (χ0v) is 12.0. The van der Waals surface area contributed by atoms with Crippen molar-refractivity contribution in [1.29, 1.82) is 0 Å². The van der Waals surface area contributed by atoms with Crippen LogP contribution in [0.4, 0.5) is 10.1 Å². The highest BCUT2D eigenvalue weighted by atomic mass is 79.9. The number of hydrogen-bond acceptors (Lipinski definition) is 3. The van der Waals surface area contributed by atoms with Gasteiger partial charge in [0.05, 0.1) is 22.9 Å². The van der Waals surface area contributed by atoms with Crippen molar-refractivity contribution in [1.82, 2.24) is 4.98 Å². The number of halogens is 2. The molecule has 0 fully saturated rings. The molecule has 0 saturated carbocycles. The molecule has 1 N–H and O–H groups in total. The largest absolute Gasteiger partial charge is 0.377 e. The summed E-state index contributed by atoms with van der Waals surface area (Å²) in [7, 11) is 0. The predicted molar refractivity (Wildman–Crippen MR) is 73.0 cm³/mol. The first kappa shape index (κ1) is 12.5. The van der Waals surface area contributed by atoms with Crippen molar-refractivity contribution in [2.45, 2.75) is 20.4 Å². The number of hydrogen-bond donors (Lipinski definition) is 1. The zero-order valence-electron chi connectivity index (χ0n) is 9.55. The number of nitrogens with one attached hydrogen (secondary N) is 1. The molecule has 0 amide bonds. The molecule has 0 spiro atoms. The first-order chi connectivity index (χ1) is 8.08. The predicted octanol–water partition coefficient (Wildman–Crippen LogP) is 4.27. The molecule has 0 saturated heterocycles. The quantitative estimate of drug-likeness (QED) is 0.915. The minimum absolute atomic E-state index is 0.252. The molecule has 0 unspecified atom stereocenters. The molecule has 2 aromatic rings. The van der Waals surface area contributed by atoms with E-state index in [9.17, 15) is 4.39 Å². The highest BCUT2D eigenvalue weighted by Crippen LogP contribution is 2.26. The van der Waals surface area contributed by atoms with Gasteiger partial charge in [-0.05, 0) is 41.9 Å². The second-order valence-electron chi connectivity index (χ2n) is 3.69. The number of nitrogens with zero attached hydrogens (tertiary/aromatic N) is 1. The SMILES string of the molecule is Cc1nc(C)c(CNc2c(F)cccc2Br)s1. The highest BCUT2D eigenvalue weighted by Gasteiger charge is 2.08. The molecule has 0 aliphatic heterocycles. The van der Waals surface area contributed by atoms with E-state index >= 15 is 0 Å². The Hall–Kier alpha value is -0.940. The summed E-state index contributed by atoms with van der Waals surface area (Å²) >= 11 is 4.96. The van der Waals surface area contributed by atoms with E-state index in [1.807, 2.05) is 19.9 Å². The molecule has 0 aliphatic rings. The van der Waals surface area contributed by atoms with Gasteiger partial charge in [0.15, 0.2) is 0 Å². The van der Waals surface area contributed by atoms with E-state index in [0.717, 1.165) is 20.1 Å². The molecule has 1 heterocycles. The van der Waals surface area contributed by atoms with Crippen LogP contribution in [0.5, 0.6) is 0 Å². The summed E-state index contributed by atoms with van der Waals surface area (Å²) in [4.78, 5) is 5.48. The van der Waals surface area contributed by atoms with Crippen LogP contribution in [-0.2, 0) is 6.54 Å². The number of anilines is 1. The average Bonchev–Trinajstić information content (AvgIpc) is 2.57. The lowest BCUT2D eigenvalue weighted by Gasteiger charge is -2.08. The molecule has 17 heavy (non-hydrogen) atoms. The molecule has 0 aliphatic carbocycles. The zero-order chi connectivity index (χ0) is 12.4. The first-order valence-corrected chi connectivity index (χ1v) is 6.79. The van der Waals surface area contributed by atoms with E-state index in [2.05, 4.69) is 26.2 Å². The summed E-state index contributed by atoms with van der Waals surface area (Å²) in [5.74, 6) is -0.252. The third-order valence-corrected chi connectivity index (χ3v) is 4.12. The van der Waals surface area contributed by atoms with Crippen molar-refractivity contribution in [2.75, 3.05) is 5.32 Å². The average molecular weight is 315 g/mol. The highest BCUT2D eigenvalue weighted by molar-refractivity contribution is 9.10. The molecule has 0 bridgehead atoms. The van der Waals surface area contributed by atoms with Gasteiger partial charge < -0.3 is 5.32 Å². The molecular formula is C12H12BrFN2S. The number of benzene rings is 1. The molecule has 2 rings (SSSR count). The Morgan fingerprint density at radius 3 is 2.76 bits per heavy atom. The van der Waals surface area contributed by atoms with Crippen LogP contribution in [0.3, 0.4) is 0 Å². The number of aryl methyl sites for hydroxylation is 2. The van der Waals surface area contributed by atoms with Gasteiger partial charge >= 0.3 is 0 Å². The normalized spacial score (nSPS) is 10.6. The van der Waals surface area contributed by atoms with Gasteiger partial charge in [0.1, 0.15) is 5.82 Å². The second kappa shape index (κ2) is 5.14. The minimum Gasteiger partial charge on any atom is -0.377 e. The molecule has 1 aromatic heterocycles. The molecular weight excluding hydrogens is 303 g/mol. The third-order valence-electron chi connectivity index (χ3n) is 2.39. The minimum atomic E-state index is -0.252. The summed E-state index contributed by atoms with van der Waals surface area (Å²) in [6.07, 6.45) is 0. The summed E-state index contributed by atoms with van der Waals surface area (Å²) in [5, 5.41) is 4.13. The van der Waals surface area contributed by atoms with Crippen LogP contribution in [0.1, 0.15) is 15.6 Å². The molecule has 2 nitrogen and oxygen atoms in total. The Balaban J connectivity index is 2.15. The number of aromatic nitrogens is 1. The molecule has 0 radical (unpaired) electrons. The third kappa shape index (κ3) is 2.84. The summed E-state index contributed by atoms with van der Waals surface area (Å²) < 4.78 is 14.3. The van der Waals surface area contributed by atoms with Gasteiger partial charge in [-0.2, -0.15) is 0 Å². The molecule has 1 aromatic carbocycles. The number of thiazole rings is 1. The van der Waals surface area contributed by atoms with Crippen LogP contribution in [0.25, 0.3) is 0 Å². The lowest BCUT2D eigenvalue weighted by molar-refractivity contribution is 0.629. The van der Waals surface area contributed by atoms with Gasteiger partial charge in [-0.15, -0.1) is 11.3 Å². The van der Waals surface area contributed by atoms with Gasteiger partial charge in [0.2, 0.25) is 0 Å². The van der Waals surface area contributed by atoms with E-state index < -0.39 is 0 Å². The van der Waals surface area contributed by atoms with Crippen LogP contribution < -0.4 is 5.32 Å². The topological polar surface area (TPSA) is 24.9 Å². The lowest BCUT2D eigenvalue weighted by Crippen LogP contribution is -2.01. The van der Waals surface area contributed by atoms with Gasteiger partial charge in [-0.25, -0.2) is 9.37 Å². The van der Waals surface area contributed by atoms with Crippen LogP contribution in [0.15, 0.2) is 22.7 Å². The maximum absolute atomic E-state index is 13.6. The Morgan fingerprint density at radius 1 is 1.41 bits per heavy atom. The van der Waals surface area contributed by atoms with Crippen LogP contribution in [0, 0.1) is 19.7 Å². The van der Waals surface area contributed by atoms with E-state index in [1.165, 1.54) is 6.07 Å². The van der Waals surface area contributed by atoms with Crippen LogP contribution >= 0.6 is 27.3 Å². The van der Waals surface area contributed by atoms with Crippen molar-refractivity contribution >= 4 is 33.0 Å². The van der Waals surface area contributed by atoms with Crippen molar-refractivity contribution < 1.29 is 4.39 Å². The first-order valence-electron chi connectivity index (χ1n) is 5.18. The van der Waals surface area contributed by atoms with Gasteiger partial charge in [-0.3, -0.25) is 0 Å². The van der Waals surface area contributed by atoms with Gasteiger partial charge in [-0.1, -0.05) is 6.07 Å². The fourth-order valence-electron chi connectivity index (χ4n) is 1.57. The van der Waals surface area contributed by atoms with Crippen molar-refractivity contribution in [3.05, 3.63) is 44.1 Å². The smallest absolute Gasteiger partial charge is 0.147 e. The number of para-hydroxylation sites is 1. The Morgan fingerprint density at radius 2 is 2.18 bits per heavy atom. The number of rotatable bonds is 3. The lowest BCUT2D eigenvalue weighted by atomic mass is 10.3. The molecule has 0 atom stereocenters. The van der Waals surface area contributed by atoms with E-state index in [4.69, 9.17) is 0 Å². The summed E-state index contributed by atoms with van der Waals surface area (Å²) in [6, 6.07) is 4.93. The fraction of sp³-hybridized carbons (Fsp3) is 0.250.